The zero-order chi connectivity index (χ0) is 13.2. The molecule has 96 valence electrons. The highest BCUT2D eigenvalue weighted by Gasteiger charge is 2.07. The summed E-state index contributed by atoms with van der Waals surface area (Å²) in [4.78, 5) is 14.0. The van der Waals surface area contributed by atoms with E-state index in [0.717, 1.165) is 26.1 Å². The highest BCUT2D eigenvalue weighted by Crippen LogP contribution is 2.27. The first-order chi connectivity index (χ1) is 9.22. The third-order valence-corrected chi connectivity index (χ3v) is 4.63. The number of nitrogen functional groups attached to an aromatic ring is 1. The van der Waals surface area contributed by atoms with Crippen molar-refractivity contribution >= 4 is 55.1 Å². The van der Waals surface area contributed by atoms with Crippen molar-refractivity contribution in [2.24, 2.45) is 0 Å². The molecule has 0 spiro atoms. The molecule has 0 unspecified atom stereocenters. The molecule has 0 bridgehead atoms. The maximum absolute atomic E-state index is 5.91. The van der Waals surface area contributed by atoms with E-state index in [4.69, 9.17) is 5.73 Å². The molecule has 0 aliphatic heterocycles. The van der Waals surface area contributed by atoms with Gasteiger partial charge in [0.15, 0.2) is 5.16 Å². The molecule has 2 N–H and O–H groups in total. The highest BCUT2D eigenvalue weighted by molar-refractivity contribution is 9.10. The van der Waals surface area contributed by atoms with Crippen LogP contribution >= 0.6 is 39.0 Å². The highest BCUT2D eigenvalue weighted by atomic mass is 79.9. The van der Waals surface area contributed by atoms with Gasteiger partial charge in [-0.1, -0.05) is 11.8 Å². The number of thioether (sulfide) groups is 1. The Labute approximate surface area is 126 Å². The van der Waals surface area contributed by atoms with Crippen LogP contribution < -0.4 is 5.73 Å². The lowest BCUT2D eigenvalue weighted by Gasteiger charge is -2.02. The van der Waals surface area contributed by atoms with E-state index in [9.17, 15) is 0 Å². The van der Waals surface area contributed by atoms with Crippen molar-refractivity contribution in [1.82, 2.24) is 15.0 Å². The van der Waals surface area contributed by atoms with Crippen LogP contribution in [0, 0.1) is 0 Å². The van der Waals surface area contributed by atoms with Gasteiger partial charge in [-0.2, -0.15) is 0 Å². The van der Waals surface area contributed by atoms with Gasteiger partial charge in [0.1, 0.15) is 10.6 Å². The Hall–Kier alpha value is -1.18. The molecular weight excluding hydrogens is 344 g/mol. The number of nitrogens with zero attached hydrogens (tertiary/aromatic N) is 3. The fourth-order valence-electron chi connectivity index (χ4n) is 1.55. The summed E-state index contributed by atoms with van der Waals surface area (Å²) in [6.45, 7) is 0. The Kier molecular flexibility index (Phi) is 3.67. The lowest BCUT2D eigenvalue weighted by Crippen LogP contribution is -1.95. The predicted octanol–water partition coefficient (Wildman–Crippen LogP) is 3.72. The van der Waals surface area contributed by atoms with Gasteiger partial charge >= 0.3 is 0 Å². The van der Waals surface area contributed by atoms with E-state index < -0.39 is 0 Å². The van der Waals surface area contributed by atoms with E-state index in [1.165, 1.54) is 11.8 Å². The molecule has 3 aromatic rings. The van der Waals surface area contributed by atoms with Crippen LogP contribution in [0.4, 0.5) is 5.82 Å². The van der Waals surface area contributed by atoms with Gasteiger partial charge in [-0.05, 0) is 39.5 Å². The van der Waals surface area contributed by atoms with Gasteiger partial charge in [0.2, 0.25) is 0 Å². The second-order valence-corrected chi connectivity index (χ2v) is 6.54. The molecule has 0 amide bonds. The third-order valence-electron chi connectivity index (χ3n) is 2.47. The van der Waals surface area contributed by atoms with Gasteiger partial charge in [0, 0.05) is 16.4 Å². The normalized spacial score (nSPS) is 11.0. The Balaban J connectivity index is 1.79. The largest absolute Gasteiger partial charge is 0.383 e. The van der Waals surface area contributed by atoms with Crippen LogP contribution in [0.25, 0.3) is 10.2 Å². The minimum Gasteiger partial charge on any atom is -0.383 e. The maximum Gasteiger partial charge on any atom is 0.191 e. The number of hydrogen-bond donors (Lipinski definition) is 1. The summed E-state index contributed by atoms with van der Waals surface area (Å²) in [7, 11) is 0. The van der Waals surface area contributed by atoms with Crippen LogP contribution in [0.1, 0.15) is 5.69 Å². The number of rotatable bonds is 3. The maximum atomic E-state index is 5.91. The molecule has 3 heterocycles. The Morgan fingerprint density at radius 2 is 2.16 bits per heavy atom. The van der Waals surface area contributed by atoms with Crippen molar-refractivity contribution in [3.05, 3.63) is 39.9 Å². The molecule has 4 nitrogen and oxygen atoms in total. The van der Waals surface area contributed by atoms with Gasteiger partial charge in [-0.15, -0.1) is 11.3 Å². The number of halogens is 1. The smallest absolute Gasteiger partial charge is 0.191 e. The second kappa shape index (κ2) is 5.44. The SMILES string of the molecule is Nc1nc(SCc2ccc(Br)cn2)nc2sccc12. The number of fused-ring (bicyclic) bond motifs is 1. The average Bonchev–Trinajstić information content (AvgIpc) is 2.87. The standard InChI is InChI=1S/C12H9BrN4S2/c13-7-1-2-8(15-5-7)6-19-12-16-10(14)9-3-4-18-11(9)17-12/h1-5H,6H2,(H2,14,16,17). The molecular formula is C12H9BrN4S2. The number of pyridine rings is 1. The molecule has 0 atom stereocenters. The first-order valence-electron chi connectivity index (χ1n) is 5.46. The summed E-state index contributed by atoms with van der Waals surface area (Å²) < 4.78 is 0.974. The summed E-state index contributed by atoms with van der Waals surface area (Å²) in [5, 5.41) is 3.59. The lowest BCUT2D eigenvalue weighted by molar-refractivity contribution is 1.01. The first kappa shape index (κ1) is 12.8. The second-order valence-electron chi connectivity index (χ2n) is 3.79. The van der Waals surface area contributed by atoms with E-state index in [2.05, 4.69) is 30.9 Å². The van der Waals surface area contributed by atoms with E-state index in [1.807, 2.05) is 23.6 Å². The fourth-order valence-corrected chi connectivity index (χ4v) is 3.38. The molecule has 0 fully saturated rings. The number of aromatic nitrogens is 3. The minimum absolute atomic E-state index is 0.539. The monoisotopic (exact) mass is 352 g/mol. The van der Waals surface area contributed by atoms with E-state index in [0.29, 0.717) is 11.0 Å². The topological polar surface area (TPSA) is 64.7 Å². The van der Waals surface area contributed by atoms with Crippen LogP contribution in [-0.4, -0.2) is 15.0 Å². The number of thiophene rings is 1. The van der Waals surface area contributed by atoms with Crippen molar-refractivity contribution in [2.45, 2.75) is 10.9 Å². The summed E-state index contributed by atoms with van der Waals surface area (Å²) in [5.41, 5.74) is 6.90. The Morgan fingerprint density at radius 3 is 2.95 bits per heavy atom. The average molecular weight is 353 g/mol. The molecule has 0 aliphatic rings. The van der Waals surface area contributed by atoms with E-state index >= 15 is 0 Å². The van der Waals surface area contributed by atoms with Crippen molar-refractivity contribution in [3.63, 3.8) is 0 Å². The molecule has 3 rings (SSSR count). The molecule has 0 aliphatic carbocycles. The third kappa shape index (κ3) is 2.88. The number of anilines is 1. The molecule has 0 saturated heterocycles. The van der Waals surface area contributed by atoms with Gasteiger partial charge in [0.05, 0.1) is 11.1 Å². The molecule has 19 heavy (non-hydrogen) atoms. The van der Waals surface area contributed by atoms with E-state index in [1.54, 1.807) is 17.5 Å². The summed E-state index contributed by atoms with van der Waals surface area (Å²) in [5.74, 6) is 1.27. The van der Waals surface area contributed by atoms with E-state index in [-0.39, 0.29) is 0 Å². The van der Waals surface area contributed by atoms with Crippen LogP contribution in [0.2, 0.25) is 0 Å². The summed E-state index contributed by atoms with van der Waals surface area (Å²) in [6, 6.07) is 5.89. The molecule has 0 aromatic carbocycles. The van der Waals surface area contributed by atoms with Crippen molar-refractivity contribution in [2.75, 3.05) is 5.73 Å². The van der Waals surface area contributed by atoms with Gasteiger partial charge < -0.3 is 5.73 Å². The zero-order valence-electron chi connectivity index (χ0n) is 9.71. The Bertz CT molecular complexity index is 711. The molecule has 7 heteroatoms. The van der Waals surface area contributed by atoms with Gasteiger partial charge in [-0.25, -0.2) is 9.97 Å². The molecule has 3 aromatic heterocycles. The van der Waals surface area contributed by atoms with Crippen LogP contribution in [0.3, 0.4) is 0 Å². The zero-order valence-corrected chi connectivity index (χ0v) is 12.9. The molecule has 0 radical (unpaired) electrons. The quantitative estimate of drug-likeness (QED) is 0.574. The van der Waals surface area contributed by atoms with Crippen LogP contribution in [0.5, 0.6) is 0 Å². The molecule has 0 saturated carbocycles. The Morgan fingerprint density at radius 1 is 1.26 bits per heavy atom. The van der Waals surface area contributed by atoms with Crippen LogP contribution in [0.15, 0.2) is 39.4 Å². The predicted molar refractivity (Wildman–Crippen MR) is 83.3 cm³/mol. The summed E-state index contributed by atoms with van der Waals surface area (Å²) in [6.07, 6.45) is 1.79. The van der Waals surface area contributed by atoms with Crippen molar-refractivity contribution in [3.8, 4) is 0 Å². The van der Waals surface area contributed by atoms with Crippen LogP contribution in [-0.2, 0) is 5.75 Å². The fraction of sp³-hybridized carbons (Fsp3) is 0.0833. The van der Waals surface area contributed by atoms with Crippen molar-refractivity contribution in [1.29, 1.82) is 0 Å². The minimum atomic E-state index is 0.539. The summed E-state index contributed by atoms with van der Waals surface area (Å²) >= 11 is 6.48. The van der Waals surface area contributed by atoms with Gasteiger partial charge in [0.25, 0.3) is 0 Å². The van der Waals surface area contributed by atoms with Gasteiger partial charge in [-0.3, -0.25) is 4.98 Å². The van der Waals surface area contributed by atoms with Crippen molar-refractivity contribution < 1.29 is 0 Å². The lowest BCUT2D eigenvalue weighted by atomic mass is 10.4. The number of hydrogen-bond acceptors (Lipinski definition) is 6. The first-order valence-corrected chi connectivity index (χ1v) is 8.12. The number of nitrogens with two attached hydrogens (primary N) is 1.